The molecular formula is C22H21ClF3N3O2. The lowest BCUT2D eigenvalue weighted by molar-refractivity contribution is -0.137. The van der Waals surface area contributed by atoms with Gasteiger partial charge in [0.1, 0.15) is 0 Å². The Hall–Kier alpha value is -2.84. The van der Waals surface area contributed by atoms with Crippen molar-refractivity contribution >= 4 is 35.2 Å². The van der Waals surface area contributed by atoms with Gasteiger partial charge in [0.2, 0.25) is 11.8 Å². The van der Waals surface area contributed by atoms with Crippen molar-refractivity contribution in [2.24, 2.45) is 0 Å². The zero-order valence-electron chi connectivity index (χ0n) is 16.5. The molecule has 9 heteroatoms. The third-order valence-corrected chi connectivity index (χ3v) is 5.19. The van der Waals surface area contributed by atoms with Crippen molar-refractivity contribution in [1.29, 1.82) is 0 Å². The summed E-state index contributed by atoms with van der Waals surface area (Å²) in [6.45, 7) is 2.17. The van der Waals surface area contributed by atoms with E-state index in [0.717, 1.165) is 12.1 Å². The van der Waals surface area contributed by atoms with Crippen LogP contribution in [0.1, 0.15) is 11.1 Å². The molecule has 0 atom stereocenters. The maximum Gasteiger partial charge on any atom is 0.416 e. The summed E-state index contributed by atoms with van der Waals surface area (Å²) in [5.41, 5.74) is 0.332. The summed E-state index contributed by atoms with van der Waals surface area (Å²) in [5, 5.41) is 3.23. The van der Waals surface area contributed by atoms with Gasteiger partial charge in [-0.05, 0) is 35.9 Å². The topological polar surface area (TPSA) is 52.7 Å². The van der Waals surface area contributed by atoms with Crippen molar-refractivity contribution in [2.45, 2.75) is 6.18 Å². The minimum absolute atomic E-state index is 0.185. The van der Waals surface area contributed by atoms with Gasteiger partial charge in [0, 0.05) is 32.3 Å². The first kappa shape index (κ1) is 22.8. The van der Waals surface area contributed by atoms with Crippen LogP contribution in [0.15, 0.2) is 54.6 Å². The standard InChI is InChI=1S/C22H21ClF3N3O2/c23-18-3-1-2-4-19(18)27-20(30)15-28-11-13-29(14-12-28)21(31)10-7-16-5-8-17(9-6-16)22(24,25)26/h1-10H,11-15H2,(H,27,30)/b10-7+. The highest BCUT2D eigenvalue weighted by atomic mass is 35.5. The number of hydrogen-bond acceptors (Lipinski definition) is 3. The number of anilines is 1. The summed E-state index contributed by atoms with van der Waals surface area (Å²) in [6, 6.07) is 11.6. The number of halogens is 4. The summed E-state index contributed by atoms with van der Waals surface area (Å²) < 4.78 is 37.8. The van der Waals surface area contributed by atoms with Crippen LogP contribution in [0.2, 0.25) is 5.02 Å². The molecule has 1 aliphatic rings. The summed E-state index contributed by atoms with van der Waals surface area (Å²) >= 11 is 6.04. The van der Waals surface area contributed by atoms with Gasteiger partial charge in [0.25, 0.3) is 0 Å². The van der Waals surface area contributed by atoms with E-state index in [1.54, 1.807) is 29.2 Å². The molecule has 31 heavy (non-hydrogen) atoms. The smallest absolute Gasteiger partial charge is 0.337 e. The number of carbonyl (C=O) groups excluding carboxylic acids is 2. The molecule has 0 radical (unpaired) electrons. The highest BCUT2D eigenvalue weighted by Crippen LogP contribution is 2.29. The van der Waals surface area contributed by atoms with Crippen LogP contribution in [0.4, 0.5) is 18.9 Å². The van der Waals surface area contributed by atoms with Crippen molar-refractivity contribution in [1.82, 2.24) is 9.80 Å². The SMILES string of the molecule is O=C(CN1CCN(C(=O)/C=C/c2ccc(C(F)(F)F)cc2)CC1)Nc1ccccc1Cl. The fraction of sp³-hybridized carbons (Fsp3) is 0.273. The average molecular weight is 452 g/mol. The third kappa shape index (κ3) is 6.57. The number of rotatable bonds is 5. The van der Waals surface area contributed by atoms with E-state index >= 15 is 0 Å². The Morgan fingerprint density at radius 3 is 2.26 bits per heavy atom. The molecule has 1 N–H and O–H groups in total. The second kappa shape index (κ2) is 9.98. The van der Waals surface area contributed by atoms with Gasteiger partial charge in [-0.15, -0.1) is 0 Å². The van der Waals surface area contributed by atoms with E-state index in [9.17, 15) is 22.8 Å². The number of piperazine rings is 1. The van der Waals surface area contributed by atoms with E-state index in [1.165, 1.54) is 24.3 Å². The monoisotopic (exact) mass is 451 g/mol. The minimum Gasteiger partial charge on any atom is -0.337 e. The lowest BCUT2D eigenvalue weighted by Crippen LogP contribution is -2.50. The predicted molar refractivity (Wildman–Crippen MR) is 114 cm³/mol. The molecule has 1 aliphatic heterocycles. The Balaban J connectivity index is 1.45. The highest BCUT2D eigenvalue weighted by molar-refractivity contribution is 6.33. The lowest BCUT2D eigenvalue weighted by atomic mass is 10.1. The molecule has 0 spiro atoms. The fourth-order valence-electron chi connectivity index (χ4n) is 3.14. The van der Waals surface area contributed by atoms with Crippen molar-refractivity contribution in [3.8, 4) is 0 Å². The number of carbonyl (C=O) groups is 2. The molecule has 0 unspecified atom stereocenters. The molecule has 5 nitrogen and oxygen atoms in total. The normalized spacial score (nSPS) is 15.3. The van der Waals surface area contributed by atoms with Crippen LogP contribution in [-0.4, -0.2) is 54.3 Å². The van der Waals surface area contributed by atoms with E-state index in [0.29, 0.717) is 42.5 Å². The Kier molecular flexibility index (Phi) is 7.35. The predicted octanol–water partition coefficient (Wildman–Crippen LogP) is 4.15. The quantitative estimate of drug-likeness (QED) is 0.695. The number of hydrogen-bond donors (Lipinski definition) is 1. The van der Waals surface area contributed by atoms with E-state index < -0.39 is 11.7 Å². The van der Waals surface area contributed by atoms with E-state index in [4.69, 9.17) is 11.6 Å². The van der Waals surface area contributed by atoms with Gasteiger partial charge in [-0.1, -0.05) is 35.9 Å². The molecule has 0 aliphatic carbocycles. The number of nitrogens with zero attached hydrogens (tertiary/aromatic N) is 2. The molecular weight excluding hydrogens is 431 g/mol. The molecule has 1 heterocycles. The van der Waals surface area contributed by atoms with Gasteiger partial charge in [-0.25, -0.2) is 0 Å². The molecule has 0 aromatic heterocycles. The number of para-hydroxylation sites is 1. The zero-order valence-corrected chi connectivity index (χ0v) is 17.3. The molecule has 1 saturated heterocycles. The van der Waals surface area contributed by atoms with Crippen molar-refractivity contribution in [3.05, 3.63) is 70.8 Å². The first-order valence-corrected chi connectivity index (χ1v) is 10.0. The van der Waals surface area contributed by atoms with Gasteiger partial charge in [0.15, 0.2) is 0 Å². The van der Waals surface area contributed by atoms with Crippen LogP contribution < -0.4 is 5.32 Å². The molecule has 2 aromatic rings. The van der Waals surface area contributed by atoms with Crippen LogP contribution in [0, 0.1) is 0 Å². The summed E-state index contributed by atoms with van der Waals surface area (Å²) in [5.74, 6) is -0.407. The van der Waals surface area contributed by atoms with Gasteiger partial charge in [0.05, 0.1) is 22.8 Å². The molecule has 2 aromatic carbocycles. The van der Waals surface area contributed by atoms with E-state index in [-0.39, 0.29) is 18.4 Å². The number of alkyl halides is 3. The minimum atomic E-state index is -4.39. The van der Waals surface area contributed by atoms with Crippen LogP contribution in [0.25, 0.3) is 6.08 Å². The Morgan fingerprint density at radius 2 is 1.65 bits per heavy atom. The summed E-state index contributed by atoms with van der Waals surface area (Å²) in [7, 11) is 0. The first-order valence-electron chi connectivity index (χ1n) is 9.63. The second-order valence-electron chi connectivity index (χ2n) is 7.08. The Morgan fingerprint density at radius 1 is 1.00 bits per heavy atom. The second-order valence-corrected chi connectivity index (χ2v) is 7.49. The summed E-state index contributed by atoms with van der Waals surface area (Å²) in [4.78, 5) is 28.2. The maximum absolute atomic E-state index is 12.6. The molecule has 1 fully saturated rings. The van der Waals surface area contributed by atoms with Gasteiger partial charge >= 0.3 is 6.18 Å². The fourth-order valence-corrected chi connectivity index (χ4v) is 3.32. The average Bonchev–Trinajstić information content (AvgIpc) is 2.74. The molecule has 2 amide bonds. The highest BCUT2D eigenvalue weighted by Gasteiger charge is 2.29. The van der Waals surface area contributed by atoms with Gasteiger partial charge < -0.3 is 10.2 Å². The maximum atomic E-state index is 12.6. The van der Waals surface area contributed by atoms with E-state index in [1.807, 2.05) is 4.90 Å². The zero-order chi connectivity index (χ0) is 22.4. The van der Waals surface area contributed by atoms with E-state index in [2.05, 4.69) is 5.32 Å². The number of amides is 2. The largest absolute Gasteiger partial charge is 0.416 e. The van der Waals surface area contributed by atoms with Crippen molar-refractivity contribution < 1.29 is 22.8 Å². The molecule has 0 bridgehead atoms. The lowest BCUT2D eigenvalue weighted by Gasteiger charge is -2.33. The number of benzene rings is 2. The van der Waals surface area contributed by atoms with Crippen molar-refractivity contribution in [3.63, 3.8) is 0 Å². The van der Waals surface area contributed by atoms with Crippen LogP contribution in [0.5, 0.6) is 0 Å². The van der Waals surface area contributed by atoms with Crippen LogP contribution >= 0.6 is 11.6 Å². The number of nitrogens with one attached hydrogen (secondary N) is 1. The summed E-state index contributed by atoms with van der Waals surface area (Å²) in [6.07, 6.45) is -1.55. The third-order valence-electron chi connectivity index (χ3n) is 4.86. The first-order chi connectivity index (χ1) is 14.7. The van der Waals surface area contributed by atoms with Crippen LogP contribution in [-0.2, 0) is 15.8 Å². The van der Waals surface area contributed by atoms with Crippen LogP contribution in [0.3, 0.4) is 0 Å². The molecule has 164 valence electrons. The molecule has 0 saturated carbocycles. The Labute approximate surface area is 183 Å². The van der Waals surface area contributed by atoms with Crippen molar-refractivity contribution in [2.75, 3.05) is 38.0 Å². The van der Waals surface area contributed by atoms with Gasteiger partial charge in [-0.2, -0.15) is 13.2 Å². The van der Waals surface area contributed by atoms with Gasteiger partial charge in [-0.3, -0.25) is 14.5 Å². The molecule has 3 rings (SSSR count). The Bertz CT molecular complexity index is 953.